The van der Waals surface area contributed by atoms with Crippen LogP contribution in [0.15, 0.2) is 42.5 Å². The monoisotopic (exact) mass is 419 g/mol. The van der Waals surface area contributed by atoms with Gasteiger partial charge in [-0.15, -0.1) is 0 Å². The highest BCUT2D eigenvalue weighted by atomic mass is 16.7. The van der Waals surface area contributed by atoms with Crippen LogP contribution in [0.3, 0.4) is 0 Å². The fraction of sp³-hybridized carbons (Fsp3) is 0.348. The maximum absolute atomic E-state index is 14.0. The number of amides is 4. The number of piperidine rings is 1. The molecule has 0 bridgehead atoms. The number of carbonyl (C=O) groups excluding carboxylic acids is 3. The number of hydrogen-bond donors (Lipinski definition) is 1. The summed E-state index contributed by atoms with van der Waals surface area (Å²) < 4.78 is 10.8. The molecule has 4 aliphatic rings. The lowest BCUT2D eigenvalue weighted by atomic mass is 9.66. The number of nitrogens with one attached hydrogen (secondary N) is 1. The van der Waals surface area contributed by atoms with Crippen LogP contribution in [0.4, 0.5) is 16.2 Å². The van der Waals surface area contributed by atoms with E-state index in [0.29, 0.717) is 17.2 Å². The molecule has 4 aliphatic heterocycles. The summed E-state index contributed by atoms with van der Waals surface area (Å²) in [6.45, 7) is 0.872. The first kappa shape index (κ1) is 18.2. The number of hydrogen-bond acceptors (Lipinski definition) is 6. The van der Waals surface area contributed by atoms with Crippen molar-refractivity contribution < 1.29 is 23.9 Å². The van der Waals surface area contributed by atoms with E-state index in [-0.39, 0.29) is 19.3 Å². The number of para-hydroxylation sites is 1. The van der Waals surface area contributed by atoms with Crippen LogP contribution in [0.1, 0.15) is 24.8 Å². The number of carbonyl (C=O) groups is 3. The fourth-order valence-electron chi connectivity index (χ4n) is 5.45. The molecule has 2 aromatic carbocycles. The Kier molecular flexibility index (Phi) is 3.81. The second kappa shape index (κ2) is 6.47. The standard InChI is InChI=1S/C23H21N3O5/c27-20-23(12-14-5-1-2-6-16(14)25-10-4-3-7-19(23)25)21(28)26(22(29)24-20)15-8-9-17-18(11-15)31-13-30-17/h1-2,5-6,8-9,11,19H,3-4,7,10,12-13H2,(H,24,27,29)/t19-,23+/m0/s1. The summed E-state index contributed by atoms with van der Waals surface area (Å²) >= 11 is 0. The summed E-state index contributed by atoms with van der Waals surface area (Å²) in [4.78, 5) is 43.5. The Hall–Kier alpha value is -3.55. The van der Waals surface area contributed by atoms with E-state index < -0.39 is 23.3 Å². The van der Waals surface area contributed by atoms with Crippen molar-refractivity contribution in [3.05, 3.63) is 48.0 Å². The zero-order valence-electron chi connectivity index (χ0n) is 16.8. The lowest BCUT2D eigenvalue weighted by Gasteiger charge is -2.53. The lowest BCUT2D eigenvalue weighted by molar-refractivity contribution is -0.145. The molecule has 0 aromatic heterocycles. The predicted octanol–water partition coefficient (Wildman–Crippen LogP) is 2.60. The van der Waals surface area contributed by atoms with Crippen LogP contribution in [-0.2, 0) is 16.0 Å². The fourth-order valence-corrected chi connectivity index (χ4v) is 5.45. The number of imide groups is 2. The molecule has 0 radical (unpaired) electrons. The van der Waals surface area contributed by atoms with Gasteiger partial charge in [-0.05, 0) is 49.4 Å². The van der Waals surface area contributed by atoms with Gasteiger partial charge in [0.25, 0.3) is 5.91 Å². The Morgan fingerprint density at radius 2 is 1.84 bits per heavy atom. The largest absolute Gasteiger partial charge is 0.454 e. The molecule has 0 aliphatic carbocycles. The first-order valence-electron chi connectivity index (χ1n) is 10.5. The topological polar surface area (TPSA) is 88.2 Å². The number of anilines is 2. The third-order valence-electron chi connectivity index (χ3n) is 6.87. The first-order valence-corrected chi connectivity index (χ1v) is 10.5. The van der Waals surface area contributed by atoms with Crippen LogP contribution < -0.4 is 24.6 Å². The van der Waals surface area contributed by atoms with E-state index in [1.54, 1.807) is 18.2 Å². The molecule has 8 heteroatoms. The minimum atomic E-state index is -1.36. The summed E-state index contributed by atoms with van der Waals surface area (Å²) in [6.07, 6.45) is 2.92. The van der Waals surface area contributed by atoms with Crippen molar-refractivity contribution in [1.82, 2.24) is 5.32 Å². The number of ether oxygens (including phenoxy) is 2. The van der Waals surface area contributed by atoms with Crippen molar-refractivity contribution >= 4 is 29.2 Å². The van der Waals surface area contributed by atoms with Crippen molar-refractivity contribution in [1.29, 1.82) is 0 Å². The molecule has 2 saturated heterocycles. The minimum absolute atomic E-state index is 0.0924. The van der Waals surface area contributed by atoms with Gasteiger partial charge in [0.1, 0.15) is 0 Å². The highest BCUT2D eigenvalue weighted by Gasteiger charge is 2.62. The van der Waals surface area contributed by atoms with Gasteiger partial charge in [0, 0.05) is 18.3 Å². The Bertz CT molecular complexity index is 1130. The molecule has 2 fully saturated rings. The van der Waals surface area contributed by atoms with Gasteiger partial charge in [-0.25, -0.2) is 9.69 Å². The van der Waals surface area contributed by atoms with Gasteiger partial charge < -0.3 is 14.4 Å². The molecule has 8 nitrogen and oxygen atoms in total. The molecule has 1 N–H and O–H groups in total. The third-order valence-corrected chi connectivity index (χ3v) is 6.87. The molecule has 0 saturated carbocycles. The normalized spacial score (nSPS) is 26.6. The van der Waals surface area contributed by atoms with E-state index in [4.69, 9.17) is 9.47 Å². The molecule has 31 heavy (non-hydrogen) atoms. The maximum Gasteiger partial charge on any atom is 0.335 e. The predicted molar refractivity (Wildman–Crippen MR) is 111 cm³/mol. The molecule has 2 atom stereocenters. The zero-order chi connectivity index (χ0) is 21.2. The number of urea groups is 1. The highest BCUT2D eigenvalue weighted by Crippen LogP contribution is 2.48. The molecule has 0 unspecified atom stereocenters. The summed E-state index contributed by atoms with van der Waals surface area (Å²) in [5.41, 5.74) is 1.02. The van der Waals surface area contributed by atoms with Gasteiger partial charge in [0.2, 0.25) is 12.7 Å². The van der Waals surface area contributed by atoms with Crippen molar-refractivity contribution in [2.45, 2.75) is 31.7 Å². The number of nitrogens with zero attached hydrogens (tertiary/aromatic N) is 2. The average molecular weight is 419 g/mol. The number of benzene rings is 2. The average Bonchev–Trinajstić information content (AvgIpc) is 3.26. The van der Waals surface area contributed by atoms with Crippen LogP contribution in [0, 0.1) is 5.41 Å². The van der Waals surface area contributed by atoms with Gasteiger partial charge in [-0.1, -0.05) is 18.2 Å². The van der Waals surface area contributed by atoms with Gasteiger partial charge in [0.15, 0.2) is 16.9 Å². The maximum atomic E-state index is 14.0. The molecular weight excluding hydrogens is 398 g/mol. The molecule has 4 heterocycles. The molecule has 1 spiro atoms. The first-order chi connectivity index (χ1) is 15.1. The Balaban J connectivity index is 1.48. The van der Waals surface area contributed by atoms with Gasteiger partial charge in [0.05, 0.1) is 11.7 Å². The van der Waals surface area contributed by atoms with Crippen LogP contribution >= 0.6 is 0 Å². The third kappa shape index (κ3) is 2.44. The summed E-state index contributed by atoms with van der Waals surface area (Å²) in [7, 11) is 0. The van der Waals surface area contributed by atoms with Crippen LogP contribution in [-0.4, -0.2) is 37.2 Å². The quantitative estimate of drug-likeness (QED) is 0.715. The summed E-state index contributed by atoms with van der Waals surface area (Å²) in [5, 5.41) is 2.48. The van der Waals surface area contributed by atoms with Gasteiger partial charge in [-0.3, -0.25) is 14.9 Å². The van der Waals surface area contributed by atoms with Crippen molar-refractivity contribution in [2.75, 3.05) is 23.1 Å². The SMILES string of the molecule is O=C1NC(=O)[C@]2(Cc3ccccc3N3CCCC[C@H]32)C(=O)N1c1ccc2c(c1)OCO2. The van der Waals surface area contributed by atoms with E-state index in [0.717, 1.165) is 42.0 Å². The molecule has 6 rings (SSSR count). The van der Waals surface area contributed by atoms with Gasteiger partial charge >= 0.3 is 6.03 Å². The Morgan fingerprint density at radius 1 is 1.00 bits per heavy atom. The van der Waals surface area contributed by atoms with Crippen LogP contribution in [0.2, 0.25) is 0 Å². The van der Waals surface area contributed by atoms with Crippen molar-refractivity contribution in [2.24, 2.45) is 5.41 Å². The van der Waals surface area contributed by atoms with Gasteiger partial charge in [-0.2, -0.15) is 0 Å². The Labute approximate surface area is 178 Å². The van der Waals surface area contributed by atoms with Crippen LogP contribution in [0.25, 0.3) is 0 Å². The summed E-state index contributed by atoms with van der Waals surface area (Å²) in [6, 6.07) is 11.8. The number of fused-ring (bicyclic) bond motifs is 5. The minimum Gasteiger partial charge on any atom is -0.454 e. The van der Waals surface area contributed by atoms with E-state index in [1.807, 2.05) is 24.3 Å². The van der Waals surface area contributed by atoms with E-state index in [9.17, 15) is 14.4 Å². The van der Waals surface area contributed by atoms with E-state index >= 15 is 0 Å². The molecule has 4 amide bonds. The highest BCUT2D eigenvalue weighted by molar-refractivity contribution is 6.30. The number of rotatable bonds is 1. The Morgan fingerprint density at radius 3 is 2.74 bits per heavy atom. The lowest BCUT2D eigenvalue weighted by Crippen LogP contribution is -2.72. The summed E-state index contributed by atoms with van der Waals surface area (Å²) in [5.74, 6) is 0.0409. The van der Waals surface area contributed by atoms with E-state index in [2.05, 4.69) is 10.2 Å². The molecular formula is C23H21N3O5. The second-order valence-corrected chi connectivity index (χ2v) is 8.42. The zero-order valence-corrected chi connectivity index (χ0v) is 16.8. The smallest absolute Gasteiger partial charge is 0.335 e. The van der Waals surface area contributed by atoms with Crippen LogP contribution in [0.5, 0.6) is 11.5 Å². The molecule has 2 aromatic rings. The van der Waals surface area contributed by atoms with Crippen molar-refractivity contribution in [3.8, 4) is 11.5 Å². The number of barbiturate groups is 1. The second-order valence-electron chi connectivity index (χ2n) is 8.42. The van der Waals surface area contributed by atoms with Crippen molar-refractivity contribution in [3.63, 3.8) is 0 Å². The van der Waals surface area contributed by atoms with E-state index in [1.165, 1.54) is 0 Å². The molecule has 158 valence electrons.